The highest BCUT2D eigenvalue weighted by atomic mass is 35.5. The van der Waals surface area contributed by atoms with Crippen LogP contribution in [0.3, 0.4) is 0 Å². The molecule has 1 aromatic heterocycles. The molecule has 160 valence electrons. The maximum atomic E-state index is 14.0. The Kier molecular flexibility index (Phi) is 5.59. The van der Waals surface area contributed by atoms with E-state index < -0.39 is 0 Å². The number of benzene rings is 4. The maximum absolute atomic E-state index is 14.0. The first-order valence-electron chi connectivity index (χ1n) is 10.4. The fourth-order valence-electron chi connectivity index (χ4n) is 4.05. The van der Waals surface area contributed by atoms with Gasteiger partial charge < -0.3 is 5.73 Å². The molecule has 0 saturated carbocycles. The van der Waals surface area contributed by atoms with E-state index in [2.05, 4.69) is 0 Å². The highest BCUT2D eigenvalue weighted by molar-refractivity contribution is 6.32. The Morgan fingerprint density at radius 1 is 0.758 bits per heavy atom. The Morgan fingerprint density at radius 2 is 1.45 bits per heavy atom. The second-order valence-corrected chi connectivity index (χ2v) is 8.54. The smallest absolute Gasteiger partial charge is 0.194 e. The normalized spacial score (nSPS) is 11.0. The molecule has 0 spiro atoms. The van der Waals surface area contributed by atoms with Crippen molar-refractivity contribution in [3.8, 4) is 22.4 Å². The molecule has 0 fully saturated rings. The minimum absolute atomic E-state index is 0.151. The van der Waals surface area contributed by atoms with Gasteiger partial charge in [0.05, 0.1) is 11.2 Å². The molecule has 4 aromatic carbocycles. The van der Waals surface area contributed by atoms with E-state index in [1.807, 2.05) is 66.7 Å². The number of pyridine rings is 1. The first-order chi connectivity index (χ1) is 16.0. The summed E-state index contributed by atoms with van der Waals surface area (Å²) in [6.07, 6.45) is 0. The lowest BCUT2D eigenvalue weighted by atomic mass is 9.87. The summed E-state index contributed by atoms with van der Waals surface area (Å²) in [5.41, 5.74) is 11.5. The van der Waals surface area contributed by atoms with Crippen molar-refractivity contribution >= 4 is 45.6 Å². The average molecular weight is 469 g/mol. The van der Waals surface area contributed by atoms with Gasteiger partial charge in [-0.25, -0.2) is 4.98 Å². The van der Waals surface area contributed by atoms with Crippen LogP contribution in [0.5, 0.6) is 0 Å². The van der Waals surface area contributed by atoms with E-state index in [4.69, 9.17) is 33.9 Å². The van der Waals surface area contributed by atoms with E-state index in [9.17, 15) is 4.79 Å². The molecule has 0 aliphatic rings. The molecular weight excluding hydrogens is 451 g/mol. The van der Waals surface area contributed by atoms with Gasteiger partial charge in [0.2, 0.25) is 0 Å². The van der Waals surface area contributed by atoms with Crippen molar-refractivity contribution in [1.29, 1.82) is 0 Å². The molecule has 5 aromatic rings. The predicted molar refractivity (Wildman–Crippen MR) is 137 cm³/mol. The molecule has 5 heteroatoms. The van der Waals surface area contributed by atoms with Crippen molar-refractivity contribution in [1.82, 2.24) is 4.98 Å². The standard InChI is InChI=1S/C28H18Cl2N2O/c29-19-9-5-7-17(15-19)25-26(28(33)18-8-6-10-20(30)16-18)22-12-2-4-14-24(22)32-27(25)21-11-1-3-13-23(21)31/h1-16H,31H2. The average Bonchev–Trinajstić information content (AvgIpc) is 2.83. The Bertz CT molecular complexity index is 1530. The second kappa shape index (κ2) is 8.70. The van der Waals surface area contributed by atoms with Gasteiger partial charge in [-0.1, -0.05) is 83.9 Å². The van der Waals surface area contributed by atoms with E-state index >= 15 is 0 Å². The van der Waals surface area contributed by atoms with Crippen LogP contribution in [-0.4, -0.2) is 10.8 Å². The topological polar surface area (TPSA) is 56.0 Å². The van der Waals surface area contributed by atoms with Crippen molar-refractivity contribution < 1.29 is 4.79 Å². The van der Waals surface area contributed by atoms with E-state index in [0.717, 1.165) is 16.5 Å². The van der Waals surface area contributed by atoms with E-state index in [1.165, 1.54) is 0 Å². The van der Waals surface area contributed by atoms with Gasteiger partial charge in [-0.2, -0.15) is 0 Å². The number of anilines is 1. The van der Waals surface area contributed by atoms with E-state index in [-0.39, 0.29) is 5.78 Å². The molecule has 0 aliphatic carbocycles. The van der Waals surface area contributed by atoms with Gasteiger partial charge in [-0.05, 0) is 42.0 Å². The summed E-state index contributed by atoms with van der Waals surface area (Å²) in [7, 11) is 0. The zero-order chi connectivity index (χ0) is 22.9. The number of nitrogen functional groups attached to an aromatic ring is 1. The number of nitrogens with two attached hydrogens (primary N) is 1. The van der Waals surface area contributed by atoms with Gasteiger partial charge in [0.15, 0.2) is 5.78 Å². The van der Waals surface area contributed by atoms with Crippen molar-refractivity contribution in [2.75, 3.05) is 5.73 Å². The van der Waals surface area contributed by atoms with Gasteiger partial charge >= 0.3 is 0 Å². The molecule has 0 bridgehead atoms. The van der Waals surface area contributed by atoms with Crippen LogP contribution in [0.15, 0.2) is 97.1 Å². The lowest BCUT2D eigenvalue weighted by molar-refractivity contribution is 0.104. The molecule has 5 rings (SSSR count). The number of rotatable bonds is 4. The number of hydrogen-bond acceptors (Lipinski definition) is 3. The Labute approximate surface area is 201 Å². The van der Waals surface area contributed by atoms with Crippen molar-refractivity contribution in [2.45, 2.75) is 0 Å². The maximum Gasteiger partial charge on any atom is 0.194 e. The Hall–Kier alpha value is -3.66. The number of ketones is 1. The minimum Gasteiger partial charge on any atom is -0.398 e. The van der Waals surface area contributed by atoms with E-state index in [0.29, 0.717) is 43.6 Å². The van der Waals surface area contributed by atoms with Crippen LogP contribution in [0.2, 0.25) is 10.0 Å². The van der Waals surface area contributed by atoms with Crippen LogP contribution in [-0.2, 0) is 0 Å². The molecule has 0 unspecified atom stereocenters. The van der Waals surface area contributed by atoms with Gasteiger partial charge in [-0.3, -0.25) is 4.79 Å². The van der Waals surface area contributed by atoms with Crippen molar-refractivity contribution in [2.24, 2.45) is 0 Å². The highest BCUT2D eigenvalue weighted by Crippen LogP contribution is 2.41. The number of halogens is 2. The van der Waals surface area contributed by atoms with Crippen LogP contribution < -0.4 is 5.73 Å². The van der Waals surface area contributed by atoms with Crippen LogP contribution in [0.25, 0.3) is 33.3 Å². The van der Waals surface area contributed by atoms with Gasteiger partial charge in [0.1, 0.15) is 0 Å². The fourth-order valence-corrected chi connectivity index (χ4v) is 4.44. The molecule has 0 aliphatic heterocycles. The van der Waals surface area contributed by atoms with Crippen LogP contribution >= 0.6 is 23.2 Å². The molecule has 2 N–H and O–H groups in total. The fraction of sp³-hybridized carbons (Fsp3) is 0. The molecule has 0 atom stereocenters. The van der Waals surface area contributed by atoms with Crippen molar-refractivity contribution in [3.63, 3.8) is 0 Å². The summed E-state index contributed by atoms with van der Waals surface area (Å²) in [4.78, 5) is 19.0. The SMILES string of the molecule is Nc1ccccc1-c1nc2ccccc2c(C(=O)c2cccc(Cl)c2)c1-c1cccc(Cl)c1. The number of carbonyl (C=O) groups is 1. The van der Waals surface area contributed by atoms with Crippen LogP contribution in [0.4, 0.5) is 5.69 Å². The molecule has 0 radical (unpaired) electrons. The Morgan fingerprint density at radius 3 is 2.21 bits per heavy atom. The van der Waals surface area contributed by atoms with Crippen LogP contribution in [0, 0.1) is 0 Å². The summed E-state index contributed by atoms with van der Waals surface area (Å²) in [5, 5.41) is 1.81. The summed E-state index contributed by atoms with van der Waals surface area (Å²) in [6, 6.07) is 29.5. The molecule has 33 heavy (non-hydrogen) atoms. The molecular formula is C28H18Cl2N2O. The predicted octanol–water partition coefficient (Wildman–Crippen LogP) is 7.69. The molecule has 3 nitrogen and oxygen atoms in total. The van der Waals surface area contributed by atoms with Gasteiger partial charge in [-0.15, -0.1) is 0 Å². The number of hydrogen-bond donors (Lipinski definition) is 1. The molecule has 1 heterocycles. The van der Waals surface area contributed by atoms with Gasteiger partial charge in [0.25, 0.3) is 0 Å². The minimum atomic E-state index is -0.151. The number of aromatic nitrogens is 1. The zero-order valence-electron chi connectivity index (χ0n) is 17.4. The van der Waals surface area contributed by atoms with Crippen LogP contribution in [0.1, 0.15) is 15.9 Å². The third-order valence-corrected chi connectivity index (χ3v) is 6.01. The lowest BCUT2D eigenvalue weighted by Crippen LogP contribution is -2.08. The van der Waals surface area contributed by atoms with E-state index in [1.54, 1.807) is 30.3 Å². The summed E-state index contributed by atoms with van der Waals surface area (Å²) < 4.78 is 0. The summed E-state index contributed by atoms with van der Waals surface area (Å²) in [6.45, 7) is 0. The third kappa shape index (κ3) is 3.97. The molecule has 0 saturated heterocycles. The van der Waals surface area contributed by atoms with Crippen molar-refractivity contribution in [3.05, 3.63) is 118 Å². The monoisotopic (exact) mass is 468 g/mol. The highest BCUT2D eigenvalue weighted by Gasteiger charge is 2.24. The first kappa shape index (κ1) is 21.2. The first-order valence-corrected chi connectivity index (χ1v) is 11.1. The summed E-state index contributed by atoms with van der Waals surface area (Å²) >= 11 is 12.6. The number of nitrogens with zero attached hydrogens (tertiary/aromatic N) is 1. The largest absolute Gasteiger partial charge is 0.398 e. The molecule has 0 amide bonds. The summed E-state index contributed by atoms with van der Waals surface area (Å²) in [5.74, 6) is -0.151. The zero-order valence-corrected chi connectivity index (χ0v) is 18.9. The third-order valence-electron chi connectivity index (χ3n) is 5.54. The number of para-hydroxylation sites is 2. The number of carbonyl (C=O) groups excluding carboxylic acids is 1. The Balaban J connectivity index is 1.94. The quantitative estimate of drug-likeness (QED) is 0.217. The lowest BCUT2D eigenvalue weighted by Gasteiger charge is -2.18. The second-order valence-electron chi connectivity index (χ2n) is 7.66. The number of fused-ring (bicyclic) bond motifs is 1. The van der Waals surface area contributed by atoms with Gasteiger partial charge in [0, 0.05) is 43.4 Å².